The zero-order valence-electron chi connectivity index (χ0n) is 18.6. The number of halogens is 4. The molecule has 9 heteroatoms. The average molecular weight is 478 g/mol. The molecule has 0 bridgehead atoms. The molecule has 2 aromatic carbocycles. The molecule has 2 amide bonds. The van der Waals surface area contributed by atoms with Gasteiger partial charge < -0.3 is 15.5 Å². The molecule has 2 N–H and O–H groups in total. The number of rotatable bonds is 6. The monoisotopic (exact) mass is 477 g/mol. The minimum absolute atomic E-state index is 0.0219. The molecule has 34 heavy (non-hydrogen) atoms. The van der Waals surface area contributed by atoms with Gasteiger partial charge in [0.1, 0.15) is 5.82 Å². The molecule has 5 nitrogen and oxygen atoms in total. The van der Waals surface area contributed by atoms with E-state index in [1.54, 1.807) is 0 Å². The summed E-state index contributed by atoms with van der Waals surface area (Å²) in [6.07, 6.45) is -1.19. The van der Waals surface area contributed by atoms with Crippen LogP contribution in [-0.2, 0) is 11.0 Å². The van der Waals surface area contributed by atoms with Crippen molar-refractivity contribution in [2.75, 3.05) is 19.6 Å². The van der Waals surface area contributed by atoms with Gasteiger partial charge in [-0.25, -0.2) is 4.39 Å². The largest absolute Gasteiger partial charge is 0.416 e. The van der Waals surface area contributed by atoms with Gasteiger partial charge in [0.15, 0.2) is 0 Å². The third-order valence-electron chi connectivity index (χ3n) is 6.69. The van der Waals surface area contributed by atoms with Crippen LogP contribution >= 0.6 is 0 Å². The maximum Gasteiger partial charge on any atom is 0.416 e. The van der Waals surface area contributed by atoms with Crippen molar-refractivity contribution < 1.29 is 27.2 Å². The van der Waals surface area contributed by atoms with Crippen LogP contribution in [0.2, 0.25) is 0 Å². The van der Waals surface area contributed by atoms with Crippen molar-refractivity contribution in [1.29, 1.82) is 0 Å². The van der Waals surface area contributed by atoms with Gasteiger partial charge in [0.2, 0.25) is 5.91 Å². The molecule has 182 valence electrons. The summed E-state index contributed by atoms with van der Waals surface area (Å²) in [4.78, 5) is 27.3. The maximum absolute atomic E-state index is 13.6. The maximum atomic E-state index is 13.6. The smallest absolute Gasteiger partial charge is 0.343 e. The first-order valence-corrected chi connectivity index (χ1v) is 11.4. The van der Waals surface area contributed by atoms with Crippen LogP contribution in [0.1, 0.15) is 53.1 Å². The van der Waals surface area contributed by atoms with Crippen molar-refractivity contribution in [1.82, 2.24) is 15.5 Å². The molecular formula is C25H27F4N3O2. The quantitative estimate of drug-likeness (QED) is 0.616. The summed E-state index contributed by atoms with van der Waals surface area (Å²) in [6.45, 7) is 0.972. The van der Waals surface area contributed by atoms with Gasteiger partial charge in [-0.05, 0) is 55.4 Å². The normalized spacial score (nSPS) is 20.9. The number of hydrogen-bond donors (Lipinski definition) is 2. The molecular weight excluding hydrogens is 450 g/mol. The second-order valence-electron chi connectivity index (χ2n) is 8.94. The topological polar surface area (TPSA) is 61.4 Å². The molecule has 1 saturated heterocycles. The zero-order chi connectivity index (χ0) is 24.3. The standard InChI is InChI=1S/C25H27F4N3O2/c26-20-11-18(10-19(12-20)25(27,28)29)24(34)31-15-23(33)32(22-13-30-14-22)21-8-6-17(7-9-21)16-4-2-1-3-5-16/h1-5,10-12,17,21-22,30H,6-9,13-15H2,(H,31,34). The molecule has 0 unspecified atom stereocenters. The molecule has 4 rings (SSSR count). The first kappa shape index (κ1) is 24.2. The lowest BCUT2D eigenvalue weighted by Gasteiger charge is -2.45. The van der Waals surface area contributed by atoms with Gasteiger partial charge >= 0.3 is 6.18 Å². The fraction of sp³-hybridized carbons (Fsp3) is 0.440. The van der Waals surface area contributed by atoms with Crippen molar-refractivity contribution in [3.8, 4) is 0 Å². The van der Waals surface area contributed by atoms with Gasteiger partial charge in [0.05, 0.1) is 18.2 Å². The second kappa shape index (κ2) is 10.1. The highest BCUT2D eigenvalue weighted by atomic mass is 19.4. The fourth-order valence-corrected chi connectivity index (χ4v) is 4.82. The third-order valence-corrected chi connectivity index (χ3v) is 6.69. The lowest BCUT2D eigenvalue weighted by Crippen LogP contribution is -2.63. The summed E-state index contributed by atoms with van der Waals surface area (Å²) < 4.78 is 52.5. The van der Waals surface area contributed by atoms with E-state index in [2.05, 4.69) is 22.8 Å². The van der Waals surface area contributed by atoms with E-state index in [-0.39, 0.29) is 24.5 Å². The van der Waals surface area contributed by atoms with Crippen LogP contribution < -0.4 is 10.6 Å². The highest BCUT2D eigenvalue weighted by Gasteiger charge is 2.36. The number of hydrogen-bond acceptors (Lipinski definition) is 3. The summed E-state index contributed by atoms with van der Waals surface area (Å²) in [5.41, 5.74) is -0.425. The molecule has 2 fully saturated rings. The Morgan fingerprint density at radius 2 is 1.65 bits per heavy atom. The Hall–Kier alpha value is -2.94. The van der Waals surface area contributed by atoms with Gasteiger partial charge in [0.25, 0.3) is 5.91 Å². The number of carbonyl (C=O) groups excluding carboxylic acids is 2. The van der Waals surface area contributed by atoms with Crippen LogP contribution in [0.5, 0.6) is 0 Å². The average Bonchev–Trinajstić information content (AvgIpc) is 2.79. The SMILES string of the molecule is O=C(NCC(=O)N(C1CCC(c2ccccc2)CC1)C1CNC1)c1cc(F)cc(C(F)(F)F)c1. The van der Waals surface area contributed by atoms with Crippen molar-refractivity contribution in [2.24, 2.45) is 0 Å². The van der Waals surface area contributed by atoms with Gasteiger partial charge in [-0.15, -0.1) is 0 Å². The minimum Gasteiger partial charge on any atom is -0.343 e. The van der Waals surface area contributed by atoms with E-state index in [4.69, 9.17) is 0 Å². The van der Waals surface area contributed by atoms with E-state index < -0.39 is 29.0 Å². The Morgan fingerprint density at radius 1 is 0.971 bits per heavy atom. The molecule has 0 spiro atoms. The number of carbonyl (C=O) groups is 2. The van der Waals surface area contributed by atoms with Crippen LogP contribution in [0.15, 0.2) is 48.5 Å². The summed E-state index contributed by atoms with van der Waals surface area (Å²) in [6, 6.07) is 12.0. The summed E-state index contributed by atoms with van der Waals surface area (Å²) in [7, 11) is 0. The molecule has 1 heterocycles. The zero-order valence-corrected chi connectivity index (χ0v) is 18.6. The van der Waals surface area contributed by atoms with E-state index in [0.717, 1.165) is 31.7 Å². The van der Waals surface area contributed by atoms with Crippen LogP contribution in [0, 0.1) is 5.82 Å². The number of benzene rings is 2. The van der Waals surface area contributed by atoms with E-state index >= 15 is 0 Å². The third kappa shape index (κ3) is 5.58. The van der Waals surface area contributed by atoms with E-state index in [0.29, 0.717) is 31.1 Å². The number of amides is 2. The summed E-state index contributed by atoms with van der Waals surface area (Å²) in [5, 5.41) is 5.54. The lowest BCUT2D eigenvalue weighted by atomic mass is 9.80. The Morgan fingerprint density at radius 3 is 2.24 bits per heavy atom. The van der Waals surface area contributed by atoms with Crippen LogP contribution in [0.25, 0.3) is 0 Å². The van der Waals surface area contributed by atoms with Crippen LogP contribution in [0.3, 0.4) is 0 Å². The Kier molecular flexibility index (Phi) is 7.21. The van der Waals surface area contributed by atoms with Crippen molar-refractivity contribution >= 4 is 11.8 Å². The minimum atomic E-state index is -4.78. The van der Waals surface area contributed by atoms with Gasteiger partial charge in [-0.3, -0.25) is 9.59 Å². The molecule has 2 aliphatic rings. The van der Waals surface area contributed by atoms with E-state index in [9.17, 15) is 27.2 Å². The Labute approximate surface area is 195 Å². The summed E-state index contributed by atoms with van der Waals surface area (Å²) >= 11 is 0. The van der Waals surface area contributed by atoms with Crippen molar-refractivity contribution in [3.63, 3.8) is 0 Å². The molecule has 0 radical (unpaired) electrons. The van der Waals surface area contributed by atoms with E-state index in [1.165, 1.54) is 5.56 Å². The first-order valence-electron chi connectivity index (χ1n) is 11.4. The van der Waals surface area contributed by atoms with Crippen LogP contribution in [0.4, 0.5) is 17.6 Å². The lowest BCUT2D eigenvalue weighted by molar-refractivity contribution is -0.138. The fourth-order valence-electron chi connectivity index (χ4n) is 4.82. The molecule has 0 aromatic heterocycles. The second-order valence-corrected chi connectivity index (χ2v) is 8.94. The first-order chi connectivity index (χ1) is 16.2. The predicted octanol–water partition coefficient (Wildman–Crippen LogP) is 4.10. The molecule has 1 aliphatic carbocycles. The molecule has 0 atom stereocenters. The van der Waals surface area contributed by atoms with Crippen LogP contribution in [-0.4, -0.2) is 48.4 Å². The molecule has 2 aromatic rings. The van der Waals surface area contributed by atoms with Crippen molar-refractivity contribution in [3.05, 3.63) is 71.0 Å². The summed E-state index contributed by atoms with van der Waals surface area (Å²) in [5.74, 6) is -1.92. The predicted molar refractivity (Wildman–Crippen MR) is 119 cm³/mol. The van der Waals surface area contributed by atoms with Gasteiger partial charge in [0, 0.05) is 24.7 Å². The highest BCUT2D eigenvalue weighted by molar-refractivity contribution is 5.96. The Bertz CT molecular complexity index is 1020. The number of nitrogens with one attached hydrogen (secondary N) is 2. The van der Waals surface area contributed by atoms with Crippen molar-refractivity contribution in [2.45, 2.75) is 49.9 Å². The number of nitrogens with zero attached hydrogens (tertiary/aromatic N) is 1. The van der Waals surface area contributed by atoms with Gasteiger partial charge in [-0.2, -0.15) is 13.2 Å². The number of alkyl halides is 3. The molecule has 1 aliphatic heterocycles. The van der Waals surface area contributed by atoms with Gasteiger partial charge in [-0.1, -0.05) is 30.3 Å². The highest BCUT2D eigenvalue weighted by Crippen LogP contribution is 2.35. The molecule has 1 saturated carbocycles. The Balaban J connectivity index is 1.38. The van der Waals surface area contributed by atoms with E-state index in [1.807, 2.05) is 23.1 Å².